The number of nitrogens with one attached hydrogen (secondary N) is 2. The first-order valence-electron chi connectivity index (χ1n) is 19.1. The van der Waals surface area contributed by atoms with Gasteiger partial charge in [0.25, 0.3) is 0 Å². The summed E-state index contributed by atoms with van der Waals surface area (Å²) in [4.78, 5) is 71.9. The van der Waals surface area contributed by atoms with Gasteiger partial charge in [0.15, 0.2) is 5.92 Å². The maximum absolute atomic E-state index is 15.3. The van der Waals surface area contributed by atoms with Crippen LogP contribution >= 0.6 is 0 Å². The number of morpholine rings is 1. The van der Waals surface area contributed by atoms with Crippen LogP contribution in [0.25, 0.3) is 0 Å². The van der Waals surface area contributed by atoms with Gasteiger partial charge in [-0.05, 0) is 41.0 Å². The van der Waals surface area contributed by atoms with E-state index in [0.29, 0.717) is 33.7 Å². The van der Waals surface area contributed by atoms with E-state index in [4.69, 9.17) is 18.9 Å². The van der Waals surface area contributed by atoms with Crippen molar-refractivity contribution in [1.82, 2.24) is 10.2 Å². The van der Waals surface area contributed by atoms with Crippen LogP contribution in [-0.4, -0.2) is 79.7 Å². The summed E-state index contributed by atoms with van der Waals surface area (Å²) in [7, 11) is 2.33. The lowest BCUT2D eigenvalue weighted by molar-refractivity contribution is -0.178. The van der Waals surface area contributed by atoms with Crippen molar-refractivity contribution in [2.75, 3.05) is 39.3 Å². The zero-order valence-electron chi connectivity index (χ0n) is 32.5. The second-order valence-electron chi connectivity index (χ2n) is 14.2. The van der Waals surface area contributed by atoms with Gasteiger partial charge in [-0.25, -0.2) is 0 Å². The summed E-state index contributed by atoms with van der Waals surface area (Å²) in [6.07, 6.45) is 0.419. The van der Waals surface area contributed by atoms with Gasteiger partial charge >= 0.3 is 17.9 Å². The van der Waals surface area contributed by atoms with Gasteiger partial charge in [0.05, 0.1) is 38.8 Å². The number of hydrogen-bond acceptors (Lipinski definition) is 11. The third kappa shape index (κ3) is 7.22. The minimum atomic E-state index is -1.83. The molecule has 2 fully saturated rings. The first kappa shape index (κ1) is 40.4. The summed E-state index contributed by atoms with van der Waals surface area (Å²) in [5, 5.41) is 15.8. The lowest BCUT2D eigenvalue weighted by Crippen LogP contribution is -2.54. The van der Waals surface area contributed by atoms with Crippen LogP contribution in [0.2, 0.25) is 0 Å². The fourth-order valence-electron chi connectivity index (χ4n) is 8.72. The molecule has 3 aliphatic rings. The SMILES string of the molecule is C=CCNC(=O)[C@@H]1[C@H]2C(=O)O[C@H](c3ccccc3)[C@H](c3ccccc3)N2[C@H](c2ccccc2OCCO)[C@@]12C(=O)Nc1ccc(C#CCC(C(=O)OC)C(=O)OC)cc12. The fraction of sp³-hybridized carbons (Fsp3) is 0.283. The third-order valence-electron chi connectivity index (χ3n) is 11.1. The van der Waals surface area contributed by atoms with Crippen LogP contribution < -0.4 is 15.4 Å². The highest BCUT2D eigenvalue weighted by Crippen LogP contribution is 2.65. The van der Waals surface area contributed by atoms with Gasteiger partial charge < -0.3 is 34.7 Å². The average molecular weight is 798 g/mol. The van der Waals surface area contributed by atoms with Crippen LogP contribution in [0, 0.1) is 23.7 Å². The lowest BCUT2D eigenvalue weighted by Gasteiger charge is -2.46. The summed E-state index contributed by atoms with van der Waals surface area (Å²) in [5.41, 5.74) is 1.31. The molecule has 59 heavy (non-hydrogen) atoms. The Morgan fingerprint density at radius 2 is 1.59 bits per heavy atom. The second kappa shape index (κ2) is 17.4. The molecule has 0 aliphatic carbocycles. The molecule has 0 unspecified atom stereocenters. The van der Waals surface area contributed by atoms with Crippen molar-refractivity contribution in [2.45, 2.75) is 36.1 Å². The molecule has 6 atom stereocenters. The van der Waals surface area contributed by atoms with Crippen LogP contribution in [0.5, 0.6) is 5.75 Å². The molecule has 3 N–H and O–H groups in total. The molecule has 1 spiro atoms. The number of aliphatic hydroxyl groups excluding tert-OH is 1. The molecule has 0 bridgehead atoms. The molecule has 2 amide bonds. The Morgan fingerprint density at radius 1 is 0.932 bits per heavy atom. The predicted octanol–water partition coefficient (Wildman–Crippen LogP) is 4.33. The number of hydrogen-bond donors (Lipinski definition) is 3. The van der Waals surface area contributed by atoms with Gasteiger partial charge in [0.1, 0.15) is 29.9 Å². The highest BCUT2D eigenvalue weighted by Gasteiger charge is 2.74. The predicted molar refractivity (Wildman–Crippen MR) is 214 cm³/mol. The van der Waals surface area contributed by atoms with Crippen molar-refractivity contribution in [1.29, 1.82) is 0 Å². The Hall–Kier alpha value is -6.75. The van der Waals surface area contributed by atoms with Gasteiger partial charge in [0, 0.05) is 29.8 Å². The molecule has 3 heterocycles. The number of cyclic esters (lactones) is 1. The number of anilines is 1. The smallest absolute Gasteiger partial charge is 0.324 e. The van der Waals surface area contributed by atoms with Crippen molar-refractivity contribution in [3.63, 3.8) is 0 Å². The number of fused-ring (bicyclic) bond motifs is 3. The van der Waals surface area contributed by atoms with E-state index in [9.17, 15) is 24.3 Å². The van der Waals surface area contributed by atoms with Crippen LogP contribution in [-0.2, 0) is 43.6 Å². The molecule has 7 rings (SSSR count). The maximum atomic E-state index is 15.3. The largest absolute Gasteiger partial charge is 0.491 e. The number of ether oxygens (including phenoxy) is 4. The normalized spacial score (nSPS) is 22.9. The number of amides is 2. The number of benzene rings is 4. The van der Waals surface area contributed by atoms with Gasteiger partial charge in [0.2, 0.25) is 11.8 Å². The molecule has 2 saturated heterocycles. The average Bonchev–Trinajstić information content (AvgIpc) is 3.74. The molecule has 4 aromatic carbocycles. The zero-order chi connectivity index (χ0) is 41.7. The summed E-state index contributed by atoms with van der Waals surface area (Å²) >= 11 is 0. The Labute approximate surface area is 341 Å². The highest BCUT2D eigenvalue weighted by atomic mass is 16.6. The van der Waals surface area contributed by atoms with E-state index in [2.05, 4.69) is 29.1 Å². The van der Waals surface area contributed by atoms with E-state index in [1.165, 1.54) is 6.08 Å². The summed E-state index contributed by atoms with van der Waals surface area (Å²) in [6, 6.07) is 27.8. The molecule has 302 valence electrons. The molecule has 0 aromatic heterocycles. The van der Waals surface area contributed by atoms with Crippen molar-refractivity contribution in [2.24, 2.45) is 11.8 Å². The number of carbonyl (C=O) groups is 5. The van der Waals surface area contributed by atoms with Gasteiger partial charge in [-0.1, -0.05) is 96.8 Å². The number of esters is 3. The van der Waals surface area contributed by atoms with Gasteiger partial charge in [-0.3, -0.25) is 28.9 Å². The summed E-state index contributed by atoms with van der Waals surface area (Å²) in [5.74, 6) is 0.131. The topological polar surface area (TPSA) is 170 Å². The molecule has 4 aromatic rings. The van der Waals surface area contributed by atoms with Crippen LogP contribution in [0.3, 0.4) is 0 Å². The standard InChI is InChI=1S/C46H43N3O10/c1-4-24-47-41(51)36-38-44(54)59-39(30-17-9-6-10-18-30)37(29-15-7-5-8-16-29)49(38)40(31-19-11-12-21-35(31)58-26-25-50)46(36)33-27-28(22-23-34(33)48-45(46)55)14-13-20-32(42(52)56-2)43(53)57-3/h4-12,15-19,21-23,27,32,36-40,50H,1,20,24-26H2,2-3H3,(H,47,51)(H,48,55)/t36-,37-,38-,39+,40+,46-/m0/s1. The number of para-hydroxylation sites is 1. The third-order valence-corrected chi connectivity index (χ3v) is 11.1. The van der Waals surface area contributed by atoms with Crippen LogP contribution in [0.15, 0.2) is 116 Å². The van der Waals surface area contributed by atoms with Crippen LogP contribution in [0.4, 0.5) is 5.69 Å². The quantitative estimate of drug-likeness (QED) is 0.0613. The van der Waals surface area contributed by atoms with Crippen molar-refractivity contribution in [3.05, 3.63) is 144 Å². The number of carbonyl (C=O) groups excluding carboxylic acids is 5. The number of aliphatic hydroxyl groups is 1. The van der Waals surface area contributed by atoms with E-state index in [1.807, 2.05) is 65.6 Å². The van der Waals surface area contributed by atoms with Crippen molar-refractivity contribution >= 4 is 35.4 Å². The fourth-order valence-corrected chi connectivity index (χ4v) is 8.72. The Morgan fingerprint density at radius 3 is 2.25 bits per heavy atom. The molecular weight excluding hydrogens is 755 g/mol. The van der Waals surface area contributed by atoms with E-state index >= 15 is 4.79 Å². The number of rotatable bonds is 12. The molecular formula is C46H43N3O10. The summed E-state index contributed by atoms with van der Waals surface area (Å²) < 4.78 is 22.2. The first-order valence-corrected chi connectivity index (χ1v) is 19.1. The Bertz CT molecular complexity index is 2310. The van der Waals surface area contributed by atoms with Gasteiger partial charge in [-0.15, -0.1) is 6.58 Å². The Kier molecular flexibility index (Phi) is 11.9. The maximum Gasteiger partial charge on any atom is 0.324 e. The first-order chi connectivity index (χ1) is 28.7. The second-order valence-corrected chi connectivity index (χ2v) is 14.2. The number of methoxy groups -OCH3 is 2. The van der Waals surface area contributed by atoms with Crippen LogP contribution in [0.1, 0.15) is 52.4 Å². The molecule has 3 aliphatic heterocycles. The van der Waals surface area contributed by atoms with Crippen molar-refractivity contribution < 1.29 is 48.0 Å². The monoisotopic (exact) mass is 797 g/mol. The minimum absolute atomic E-state index is 0.0460. The van der Waals surface area contributed by atoms with E-state index in [0.717, 1.165) is 19.8 Å². The van der Waals surface area contributed by atoms with E-state index < -0.39 is 71.2 Å². The summed E-state index contributed by atoms with van der Waals surface area (Å²) in [6.45, 7) is 3.45. The molecule has 0 saturated carbocycles. The minimum Gasteiger partial charge on any atom is -0.491 e. The van der Waals surface area contributed by atoms with E-state index in [1.54, 1.807) is 42.5 Å². The molecule has 13 nitrogen and oxygen atoms in total. The molecule has 0 radical (unpaired) electrons. The lowest BCUT2D eigenvalue weighted by atomic mass is 9.65. The highest BCUT2D eigenvalue weighted by molar-refractivity contribution is 6.12. The number of nitrogens with zero attached hydrogens (tertiary/aromatic N) is 1. The zero-order valence-corrected chi connectivity index (χ0v) is 32.5. The molecule has 13 heteroatoms. The van der Waals surface area contributed by atoms with E-state index in [-0.39, 0.29) is 26.2 Å². The van der Waals surface area contributed by atoms with Crippen molar-refractivity contribution in [3.8, 4) is 17.6 Å². The Balaban J connectivity index is 1.51. The van der Waals surface area contributed by atoms with Gasteiger partial charge in [-0.2, -0.15) is 0 Å².